The van der Waals surface area contributed by atoms with E-state index in [-0.39, 0.29) is 6.04 Å². The van der Waals surface area contributed by atoms with E-state index >= 15 is 0 Å². The van der Waals surface area contributed by atoms with E-state index in [9.17, 15) is 0 Å². The summed E-state index contributed by atoms with van der Waals surface area (Å²) in [5, 5.41) is 11.0. The Balaban J connectivity index is 2.23. The Morgan fingerprint density at radius 1 is 1.57 bits per heavy atom. The molecule has 0 bridgehead atoms. The van der Waals surface area contributed by atoms with Gasteiger partial charge in [-0.3, -0.25) is 5.10 Å². The monoisotopic (exact) mass is 192 g/mol. The van der Waals surface area contributed by atoms with E-state index in [1.165, 1.54) is 6.33 Å². The summed E-state index contributed by atoms with van der Waals surface area (Å²) in [5.74, 6) is 1.64. The molecule has 2 aromatic rings. The molecule has 1 atom stereocenters. The summed E-state index contributed by atoms with van der Waals surface area (Å²) in [7, 11) is 0. The first-order chi connectivity index (χ1) is 6.81. The molecule has 6 nitrogen and oxygen atoms in total. The number of aryl methyl sites for hydroxylation is 1. The maximum absolute atomic E-state index is 4.33. The molecule has 0 saturated heterocycles. The Morgan fingerprint density at radius 2 is 2.43 bits per heavy atom. The number of aromatic amines is 1. The van der Waals surface area contributed by atoms with Gasteiger partial charge in [0.25, 0.3) is 0 Å². The molecule has 1 unspecified atom stereocenters. The highest BCUT2D eigenvalue weighted by atomic mass is 15.4. The van der Waals surface area contributed by atoms with Gasteiger partial charge >= 0.3 is 0 Å². The Bertz CT molecular complexity index is 390. The summed E-state index contributed by atoms with van der Waals surface area (Å²) in [6, 6.07) is 0.0223. The molecular weight excluding hydrogens is 180 g/mol. The molecule has 0 aliphatic carbocycles. The van der Waals surface area contributed by atoms with Crippen LogP contribution in [0, 0.1) is 0 Å². The largest absolute Gasteiger partial charge is 0.263 e. The van der Waals surface area contributed by atoms with Gasteiger partial charge < -0.3 is 0 Å². The van der Waals surface area contributed by atoms with Gasteiger partial charge in [-0.2, -0.15) is 10.2 Å². The molecule has 0 saturated carbocycles. The SMILES string of the molecule is CCc1nc(C(C)n2cncn2)n[nH]1. The maximum Gasteiger partial charge on any atom is 0.174 e. The van der Waals surface area contributed by atoms with Gasteiger partial charge in [0.05, 0.1) is 0 Å². The van der Waals surface area contributed by atoms with Crippen molar-refractivity contribution in [3.05, 3.63) is 24.3 Å². The average molecular weight is 192 g/mol. The van der Waals surface area contributed by atoms with E-state index in [1.54, 1.807) is 11.0 Å². The zero-order valence-corrected chi connectivity index (χ0v) is 8.18. The van der Waals surface area contributed by atoms with Crippen LogP contribution in [0.5, 0.6) is 0 Å². The van der Waals surface area contributed by atoms with Crippen LogP contribution in [0.4, 0.5) is 0 Å². The van der Waals surface area contributed by atoms with E-state index in [0.717, 1.165) is 18.1 Å². The molecule has 0 aliphatic rings. The van der Waals surface area contributed by atoms with Crippen LogP contribution >= 0.6 is 0 Å². The van der Waals surface area contributed by atoms with Crippen LogP contribution in [-0.2, 0) is 6.42 Å². The van der Waals surface area contributed by atoms with Crippen molar-refractivity contribution in [1.29, 1.82) is 0 Å². The van der Waals surface area contributed by atoms with Gasteiger partial charge in [-0.1, -0.05) is 6.92 Å². The molecule has 0 fully saturated rings. The van der Waals surface area contributed by atoms with Crippen molar-refractivity contribution < 1.29 is 0 Å². The number of rotatable bonds is 3. The van der Waals surface area contributed by atoms with E-state index < -0.39 is 0 Å². The normalized spacial score (nSPS) is 13.0. The van der Waals surface area contributed by atoms with E-state index in [2.05, 4.69) is 25.3 Å². The third kappa shape index (κ3) is 1.50. The lowest BCUT2D eigenvalue weighted by atomic mass is 10.3. The fourth-order valence-corrected chi connectivity index (χ4v) is 1.19. The lowest BCUT2D eigenvalue weighted by Crippen LogP contribution is -2.09. The Kier molecular flexibility index (Phi) is 2.26. The van der Waals surface area contributed by atoms with Crippen LogP contribution < -0.4 is 0 Å². The van der Waals surface area contributed by atoms with Crippen molar-refractivity contribution in [1.82, 2.24) is 29.9 Å². The molecule has 2 aromatic heterocycles. The quantitative estimate of drug-likeness (QED) is 0.771. The van der Waals surface area contributed by atoms with Crippen LogP contribution in [0.15, 0.2) is 12.7 Å². The topological polar surface area (TPSA) is 72.3 Å². The standard InChI is InChI=1S/C8H12N6/c1-3-7-11-8(13-12-7)6(2)14-5-9-4-10-14/h4-6H,3H2,1-2H3,(H,11,12,13). The number of nitrogens with zero attached hydrogens (tertiary/aromatic N) is 5. The van der Waals surface area contributed by atoms with Gasteiger partial charge in [-0.15, -0.1) is 0 Å². The molecular formula is C8H12N6. The van der Waals surface area contributed by atoms with Crippen molar-refractivity contribution in [3.63, 3.8) is 0 Å². The van der Waals surface area contributed by atoms with Crippen LogP contribution in [0.25, 0.3) is 0 Å². The third-order valence-electron chi connectivity index (χ3n) is 2.09. The molecule has 6 heteroatoms. The fraction of sp³-hybridized carbons (Fsp3) is 0.500. The van der Waals surface area contributed by atoms with Crippen molar-refractivity contribution in [2.24, 2.45) is 0 Å². The molecule has 0 aliphatic heterocycles. The highest BCUT2D eigenvalue weighted by Gasteiger charge is 2.13. The minimum atomic E-state index is 0.0223. The summed E-state index contributed by atoms with van der Waals surface area (Å²) in [4.78, 5) is 8.21. The van der Waals surface area contributed by atoms with Gasteiger partial charge in [-0.25, -0.2) is 14.6 Å². The van der Waals surface area contributed by atoms with Gasteiger partial charge in [-0.05, 0) is 6.92 Å². The second-order valence-electron chi connectivity index (χ2n) is 3.05. The van der Waals surface area contributed by atoms with E-state index in [4.69, 9.17) is 0 Å². The van der Waals surface area contributed by atoms with Crippen molar-refractivity contribution in [2.45, 2.75) is 26.3 Å². The lowest BCUT2D eigenvalue weighted by molar-refractivity contribution is 0.536. The molecule has 2 rings (SSSR count). The maximum atomic E-state index is 4.33. The summed E-state index contributed by atoms with van der Waals surface area (Å²) in [6.45, 7) is 4.02. The molecule has 1 N–H and O–H groups in total. The van der Waals surface area contributed by atoms with E-state index in [0.29, 0.717) is 0 Å². The second kappa shape index (κ2) is 3.57. The van der Waals surface area contributed by atoms with Crippen molar-refractivity contribution in [3.8, 4) is 0 Å². The molecule has 0 radical (unpaired) electrons. The Hall–Kier alpha value is -1.72. The first-order valence-electron chi connectivity index (χ1n) is 4.56. The van der Waals surface area contributed by atoms with Crippen LogP contribution in [0.1, 0.15) is 31.5 Å². The molecule has 14 heavy (non-hydrogen) atoms. The van der Waals surface area contributed by atoms with Crippen molar-refractivity contribution in [2.75, 3.05) is 0 Å². The van der Waals surface area contributed by atoms with Crippen LogP contribution in [-0.4, -0.2) is 29.9 Å². The Labute approximate surface area is 81.4 Å². The van der Waals surface area contributed by atoms with Gasteiger partial charge in [0.1, 0.15) is 24.5 Å². The predicted molar refractivity (Wildman–Crippen MR) is 49.6 cm³/mol. The highest BCUT2D eigenvalue weighted by Crippen LogP contribution is 2.10. The molecule has 74 valence electrons. The number of aromatic nitrogens is 6. The molecule has 0 spiro atoms. The van der Waals surface area contributed by atoms with Gasteiger partial charge in [0.15, 0.2) is 5.82 Å². The van der Waals surface area contributed by atoms with Crippen LogP contribution in [0.2, 0.25) is 0 Å². The van der Waals surface area contributed by atoms with Crippen LogP contribution in [0.3, 0.4) is 0 Å². The summed E-state index contributed by atoms with van der Waals surface area (Å²) >= 11 is 0. The molecule has 0 aromatic carbocycles. The number of hydrogen-bond donors (Lipinski definition) is 1. The zero-order valence-electron chi connectivity index (χ0n) is 8.18. The summed E-state index contributed by atoms with van der Waals surface area (Å²) in [5.41, 5.74) is 0. The minimum Gasteiger partial charge on any atom is -0.263 e. The van der Waals surface area contributed by atoms with E-state index in [1.807, 2.05) is 13.8 Å². The number of nitrogens with one attached hydrogen (secondary N) is 1. The summed E-state index contributed by atoms with van der Waals surface area (Å²) < 4.78 is 1.72. The van der Waals surface area contributed by atoms with Crippen molar-refractivity contribution >= 4 is 0 Å². The fourth-order valence-electron chi connectivity index (χ4n) is 1.19. The van der Waals surface area contributed by atoms with Gasteiger partial charge in [0, 0.05) is 6.42 Å². The average Bonchev–Trinajstić information content (AvgIpc) is 2.88. The third-order valence-corrected chi connectivity index (χ3v) is 2.09. The molecule has 2 heterocycles. The first kappa shape index (κ1) is 8.86. The smallest absolute Gasteiger partial charge is 0.174 e. The Morgan fingerprint density at radius 3 is 3.00 bits per heavy atom. The molecule has 0 amide bonds. The first-order valence-corrected chi connectivity index (χ1v) is 4.56. The zero-order chi connectivity index (χ0) is 9.97. The minimum absolute atomic E-state index is 0.0223. The van der Waals surface area contributed by atoms with Gasteiger partial charge in [0.2, 0.25) is 0 Å². The highest BCUT2D eigenvalue weighted by molar-refractivity contribution is 4.96. The summed E-state index contributed by atoms with van der Waals surface area (Å²) in [6.07, 6.45) is 4.02. The second-order valence-corrected chi connectivity index (χ2v) is 3.05. The number of H-pyrrole nitrogens is 1. The predicted octanol–water partition coefficient (Wildman–Crippen LogP) is 0.568. The number of hydrogen-bond acceptors (Lipinski definition) is 4. The lowest BCUT2D eigenvalue weighted by Gasteiger charge is -2.05.